The van der Waals surface area contributed by atoms with Crippen molar-refractivity contribution in [1.82, 2.24) is 4.90 Å². The molecule has 0 bridgehead atoms. The lowest BCUT2D eigenvalue weighted by molar-refractivity contribution is -0.152. The molecule has 3 rings (SSSR count). The molecule has 6 heteroatoms. The number of thiocarbonyl (C=S) groups is 1. The minimum Gasteiger partial charge on any atom is -0.461 e. The average Bonchev–Trinajstić information content (AvgIpc) is 2.90. The predicted octanol–water partition coefficient (Wildman–Crippen LogP) is 5.06. The Balaban J connectivity index is 1.64. The van der Waals surface area contributed by atoms with Crippen LogP contribution < -0.4 is 0 Å². The van der Waals surface area contributed by atoms with Crippen LogP contribution in [-0.2, 0) is 19.7 Å². The molecule has 1 saturated carbocycles. The number of thioether (sulfide) groups is 1. The van der Waals surface area contributed by atoms with Gasteiger partial charge in [0.1, 0.15) is 17.0 Å². The first kappa shape index (κ1) is 21.1. The summed E-state index contributed by atoms with van der Waals surface area (Å²) in [5.41, 5.74) is 2.27. The first-order chi connectivity index (χ1) is 13.2. The Hall–Kier alpha value is -1.66. The first-order valence-corrected chi connectivity index (χ1v) is 11.0. The second kappa shape index (κ2) is 8.78. The van der Waals surface area contributed by atoms with E-state index in [1.54, 1.807) is 0 Å². The molecule has 1 aromatic rings. The van der Waals surface area contributed by atoms with E-state index in [0.717, 1.165) is 31.2 Å². The van der Waals surface area contributed by atoms with Crippen molar-refractivity contribution in [2.24, 2.45) is 0 Å². The second-order valence-electron chi connectivity index (χ2n) is 8.39. The molecule has 2 aliphatic rings. The number of carbonyl (C=O) groups is 2. The van der Waals surface area contributed by atoms with Gasteiger partial charge in [-0.05, 0) is 48.3 Å². The van der Waals surface area contributed by atoms with Crippen molar-refractivity contribution >= 4 is 46.3 Å². The van der Waals surface area contributed by atoms with Crippen molar-refractivity contribution in [1.29, 1.82) is 0 Å². The third-order valence-corrected chi connectivity index (χ3v) is 6.46. The normalized spacial score (nSPS) is 20.1. The van der Waals surface area contributed by atoms with Crippen LogP contribution in [0.2, 0.25) is 0 Å². The van der Waals surface area contributed by atoms with Gasteiger partial charge in [-0.2, -0.15) is 0 Å². The van der Waals surface area contributed by atoms with Gasteiger partial charge in [0.2, 0.25) is 0 Å². The van der Waals surface area contributed by atoms with Crippen LogP contribution in [0.3, 0.4) is 0 Å². The number of esters is 1. The van der Waals surface area contributed by atoms with Gasteiger partial charge in [0.25, 0.3) is 5.91 Å². The van der Waals surface area contributed by atoms with Gasteiger partial charge in [0.15, 0.2) is 0 Å². The molecular formula is C22H27NO3S2. The number of amides is 1. The van der Waals surface area contributed by atoms with Crippen LogP contribution in [0.5, 0.6) is 0 Å². The summed E-state index contributed by atoms with van der Waals surface area (Å²) in [4.78, 5) is 26.9. The lowest BCUT2D eigenvalue weighted by Gasteiger charge is -2.23. The number of ether oxygens (including phenoxy) is 1. The summed E-state index contributed by atoms with van der Waals surface area (Å²) < 4.78 is 5.93. The van der Waals surface area contributed by atoms with E-state index in [0.29, 0.717) is 9.23 Å². The Bertz CT molecular complexity index is 787. The molecule has 4 nitrogen and oxygen atoms in total. The zero-order valence-electron chi connectivity index (χ0n) is 16.7. The average molecular weight is 418 g/mol. The largest absolute Gasteiger partial charge is 0.461 e. The lowest BCUT2D eigenvalue weighted by atomic mass is 9.87. The minimum atomic E-state index is -0.376. The molecule has 1 heterocycles. The Kier molecular flexibility index (Phi) is 6.61. The van der Waals surface area contributed by atoms with Crippen molar-refractivity contribution in [2.75, 3.05) is 6.54 Å². The number of hydrogen-bond donors (Lipinski definition) is 0. The van der Waals surface area contributed by atoms with Crippen molar-refractivity contribution in [2.45, 2.75) is 64.4 Å². The van der Waals surface area contributed by atoms with Gasteiger partial charge in [-0.1, -0.05) is 75.4 Å². The molecule has 1 saturated heterocycles. The van der Waals surface area contributed by atoms with E-state index in [9.17, 15) is 9.59 Å². The van der Waals surface area contributed by atoms with Gasteiger partial charge in [-0.15, -0.1) is 0 Å². The summed E-state index contributed by atoms with van der Waals surface area (Å²) in [5, 5.41) is 0. The highest BCUT2D eigenvalue weighted by Gasteiger charge is 2.34. The number of rotatable bonds is 4. The van der Waals surface area contributed by atoms with Gasteiger partial charge in [-0.25, -0.2) is 0 Å². The molecule has 0 aromatic heterocycles. The van der Waals surface area contributed by atoms with E-state index < -0.39 is 0 Å². The van der Waals surface area contributed by atoms with Crippen LogP contribution in [-0.4, -0.2) is 33.7 Å². The van der Waals surface area contributed by atoms with Gasteiger partial charge in [-0.3, -0.25) is 14.5 Å². The molecule has 1 amide bonds. The highest BCUT2D eigenvalue weighted by atomic mass is 32.2. The molecule has 0 radical (unpaired) electrons. The molecule has 1 aliphatic heterocycles. The fourth-order valence-corrected chi connectivity index (χ4v) is 4.66. The number of carbonyl (C=O) groups excluding carboxylic acids is 2. The summed E-state index contributed by atoms with van der Waals surface area (Å²) in [5.74, 6) is -0.602. The number of benzene rings is 1. The van der Waals surface area contributed by atoms with Crippen LogP contribution in [0.25, 0.3) is 6.08 Å². The van der Waals surface area contributed by atoms with E-state index in [-0.39, 0.29) is 29.9 Å². The zero-order valence-corrected chi connectivity index (χ0v) is 18.3. The van der Waals surface area contributed by atoms with Crippen molar-refractivity contribution in [3.63, 3.8) is 0 Å². The zero-order chi connectivity index (χ0) is 20.3. The molecule has 0 atom stereocenters. The van der Waals surface area contributed by atoms with Gasteiger partial charge < -0.3 is 4.74 Å². The standard InChI is InChI=1S/C22H27NO3S2/c1-22(2,3)16-11-9-15(10-12-16)13-18-20(25)23(21(27)28-18)14-19(24)26-17-7-5-4-6-8-17/h9-13,17H,4-8,14H2,1-3H3/b18-13-. The van der Waals surface area contributed by atoms with E-state index in [4.69, 9.17) is 17.0 Å². The number of hydrogen-bond acceptors (Lipinski definition) is 5. The molecule has 2 fully saturated rings. The fraction of sp³-hybridized carbons (Fsp3) is 0.500. The van der Waals surface area contributed by atoms with Gasteiger partial charge >= 0.3 is 5.97 Å². The monoisotopic (exact) mass is 417 g/mol. The van der Waals surface area contributed by atoms with Crippen molar-refractivity contribution in [3.05, 3.63) is 40.3 Å². The Morgan fingerprint density at radius 2 is 1.86 bits per heavy atom. The summed E-state index contributed by atoms with van der Waals surface area (Å²) >= 11 is 6.56. The molecule has 0 unspecified atom stereocenters. The maximum Gasteiger partial charge on any atom is 0.326 e. The van der Waals surface area contributed by atoms with Gasteiger partial charge in [0, 0.05) is 0 Å². The molecule has 0 N–H and O–H groups in total. The summed E-state index contributed by atoms with van der Waals surface area (Å²) in [6.45, 7) is 6.39. The Morgan fingerprint density at radius 1 is 1.21 bits per heavy atom. The molecule has 28 heavy (non-hydrogen) atoms. The molecule has 1 aliphatic carbocycles. The predicted molar refractivity (Wildman–Crippen MR) is 118 cm³/mol. The second-order valence-corrected chi connectivity index (χ2v) is 10.1. The maximum absolute atomic E-state index is 12.7. The van der Waals surface area contributed by atoms with Crippen molar-refractivity contribution < 1.29 is 14.3 Å². The molecular weight excluding hydrogens is 390 g/mol. The van der Waals surface area contributed by atoms with Crippen LogP contribution >= 0.6 is 24.0 Å². The van der Waals surface area contributed by atoms with E-state index in [1.807, 2.05) is 18.2 Å². The van der Waals surface area contributed by atoms with Crippen LogP contribution in [0.15, 0.2) is 29.2 Å². The molecule has 0 spiro atoms. The summed E-state index contributed by atoms with van der Waals surface area (Å²) in [6.07, 6.45) is 7.02. The van der Waals surface area contributed by atoms with Gasteiger partial charge in [0.05, 0.1) is 4.91 Å². The van der Waals surface area contributed by atoms with Crippen molar-refractivity contribution in [3.8, 4) is 0 Å². The minimum absolute atomic E-state index is 0.0171. The lowest BCUT2D eigenvalue weighted by Crippen LogP contribution is -2.36. The highest BCUT2D eigenvalue weighted by molar-refractivity contribution is 8.26. The fourth-order valence-electron chi connectivity index (χ4n) is 3.40. The SMILES string of the molecule is CC(C)(C)c1ccc(/C=C2\SC(=S)N(CC(=O)OC3CCCCC3)C2=O)cc1. The van der Waals surface area contributed by atoms with Crippen LogP contribution in [0.4, 0.5) is 0 Å². The highest BCUT2D eigenvalue weighted by Crippen LogP contribution is 2.33. The first-order valence-electron chi connectivity index (χ1n) is 9.79. The Morgan fingerprint density at radius 3 is 2.46 bits per heavy atom. The maximum atomic E-state index is 12.7. The van der Waals surface area contributed by atoms with E-state index in [1.165, 1.54) is 28.6 Å². The molecule has 150 valence electrons. The van der Waals surface area contributed by atoms with Crippen LogP contribution in [0, 0.1) is 0 Å². The quantitative estimate of drug-likeness (QED) is 0.389. The Labute approximate surface area is 176 Å². The topological polar surface area (TPSA) is 46.6 Å². The van der Waals surface area contributed by atoms with Crippen LogP contribution in [0.1, 0.15) is 64.0 Å². The smallest absolute Gasteiger partial charge is 0.326 e. The van der Waals surface area contributed by atoms with E-state index >= 15 is 0 Å². The number of nitrogens with zero attached hydrogens (tertiary/aromatic N) is 1. The summed E-state index contributed by atoms with van der Waals surface area (Å²) in [7, 11) is 0. The van der Waals surface area contributed by atoms with E-state index in [2.05, 4.69) is 32.9 Å². The molecule has 1 aromatic carbocycles. The summed E-state index contributed by atoms with van der Waals surface area (Å²) in [6, 6.07) is 8.16. The third-order valence-electron chi connectivity index (χ3n) is 5.09. The third kappa shape index (κ3) is 5.23.